The number of esters is 1. The van der Waals surface area contributed by atoms with E-state index < -0.39 is 17.9 Å². The smallest absolute Gasteiger partial charge is 0.323 e. The van der Waals surface area contributed by atoms with E-state index in [1.54, 1.807) is 6.92 Å². The molecule has 5 heteroatoms. The lowest BCUT2D eigenvalue weighted by atomic mass is 9.80. The van der Waals surface area contributed by atoms with Crippen LogP contribution in [0.2, 0.25) is 0 Å². The van der Waals surface area contributed by atoms with Crippen LogP contribution >= 0.6 is 0 Å². The van der Waals surface area contributed by atoms with Crippen molar-refractivity contribution in [3.05, 3.63) is 29.3 Å². The first kappa shape index (κ1) is 16.8. The zero-order valence-corrected chi connectivity index (χ0v) is 14.0. The molecule has 3 rings (SSSR count). The van der Waals surface area contributed by atoms with Crippen LogP contribution in [0.1, 0.15) is 49.7 Å². The topological polar surface area (TPSA) is 72.8 Å². The molecule has 3 unspecified atom stereocenters. The zero-order chi connectivity index (χ0) is 17.1. The van der Waals surface area contributed by atoms with Crippen LogP contribution in [0.4, 0.5) is 0 Å². The lowest BCUT2D eigenvalue weighted by molar-refractivity contribution is -0.159. The number of hydrogen-bond acceptors (Lipinski definition) is 4. The summed E-state index contributed by atoms with van der Waals surface area (Å²) in [4.78, 5) is 22.9. The van der Waals surface area contributed by atoms with Gasteiger partial charge in [0.25, 0.3) is 0 Å². The molecule has 5 nitrogen and oxygen atoms in total. The molecule has 0 heterocycles. The van der Waals surface area contributed by atoms with E-state index in [1.165, 1.54) is 36.8 Å². The molecule has 0 aromatic heterocycles. The lowest BCUT2D eigenvalue weighted by Crippen LogP contribution is -2.31. The van der Waals surface area contributed by atoms with Crippen molar-refractivity contribution >= 4 is 11.9 Å². The Labute approximate surface area is 142 Å². The fraction of sp³-hybridized carbons (Fsp3) is 0.579. The van der Waals surface area contributed by atoms with Gasteiger partial charge < -0.3 is 14.6 Å². The summed E-state index contributed by atoms with van der Waals surface area (Å²) in [6, 6.07) is 6.01. The van der Waals surface area contributed by atoms with Gasteiger partial charge in [0.05, 0.1) is 6.61 Å². The number of carboxylic acids is 1. The number of hydrogen-bond donors (Lipinski definition) is 1. The summed E-state index contributed by atoms with van der Waals surface area (Å²) in [5, 5.41) is 9.16. The molecule has 3 atom stereocenters. The highest BCUT2D eigenvalue weighted by atomic mass is 16.5. The fourth-order valence-corrected chi connectivity index (χ4v) is 4.02. The largest absolute Gasteiger partial charge is 0.492 e. The number of benzene rings is 1. The molecule has 24 heavy (non-hydrogen) atoms. The van der Waals surface area contributed by atoms with Crippen LogP contribution in [0.3, 0.4) is 0 Å². The second-order valence-electron chi connectivity index (χ2n) is 6.67. The molecule has 1 saturated carbocycles. The lowest BCUT2D eigenvalue weighted by Gasteiger charge is -2.25. The molecular formula is C19H24O5. The number of carboxylic acid groups (broad SMARTS) is 1. The van der Waals surface area contributed by atoms with Gasteiger partial charge in [-0.2, -0.15) is 0 Å². The van der Waals surface area contributed by atoms with E-state index in [2.05, 4.69) is 6.07 Å². The number of ether oxygens (including phenoxy) is 2. The fourth-order valence-electron chi connectivity index (χ4n) is 4.02. The van der Waals surface area contributed by atoms with Gasteiger partial charge in [0.2, 0.25) is 0 Å². The van der Waals surface area contributed by atoms with E-state index in [4.69, 9.17) is 14.6 Å². The number of carbonyl (C=O) groups excluding carboxylic acids is 1. The Morgan fingerprint density at radius 3 is 2.83 bits per heavy atom. The molecular weight excluding hydrogens is 308 g/mol. The van der Waals surface area contributed by atoms with Gasteiger partial charge in [-0.1, -0.05) is 18.9 Å². The molecule has 1 fully saturated rings. The van der Waals surface area contributed by atoms with Crippen molar-refractivity contribution in [2.45, 2.75) is 44.9 Å². The van der Waals surface area contributed by atoms with Crippen LogP contribution in [-0.4, -0.2) is 30.3 Å². The first-order chi connectivity index (χ1) is 11.6. The summed E-state index contributed by atoms with van der Waals surface area (Å²) in [6.07, 6.45) is 6.26. The van der Waals surface area contributed by atoms with Gasteiger partial charge >= 0.3 is 11.9 Å². The Hall–Kier alpha value is -2.04. The summed E-state index contributed by atoms with van der Waals surface area (Å²) in [6.45, 7) is 1.60. The summed E-state index contributed by atoms with van der Waals surface area (Å²) in [5.74, 6) is -1.22. The summed E-state index contributed by atoms with van der Waals surface area (Å²) < 4.78 is 10.4. The number of fused-ring (bicyclic) bond motifs is 3. The molecule has 1 aromatic carbocycles. The minimum Gasteiger partial charge on any atom is -0.492 e. The third-order valence-corrected chi connectivity index (χ3v) is 5.19. The van der Waals surface area contributed by atoms with Crippen molar-refractivity contribution in [3.8, 4) is 5.75 Å². The maximum atomic E-state index is 11.7. The predicted octanol–water partition coefficient (Wildman–Crippen LogP) is 3.16. The Morgan fingerprint density at radius 1 is 1.29 bits per heavy atom. The van der Waals surface area contributed by atoms with Gasteiger partial charge in [-0.15, -0.1) is 0 Å². The molecule has 2 aliphatic rings. The highest BCUT2D eigenvalue weighted by molar-refractivity contribution is 5.94. The molecule has 0 spiro atoms. The van der Waals surface area contributed by atoms with E-state index in [0.717, 1.165) is 12.3 Å². The average Bonchev–Trinajstić information content (AvgIpc) is 2.92. The second kappa shape index (κ2) is 7.24. The maximum absolute atomic E-state index is 11.7. The van der Waals surface area contributed by atoms with E-state index in [1.807, 2.05) is 12.1 Å². The second-order valence-corrected chi connectivity index (χ2v) is 6.67. The molecule has 0 bridgehead atoms. The van der Waals surface area contributed by atoms with Gasteiger partial charge in [-0.25, -0.2) is 0 Å². The van der Waals surface area contributed by atoms with Gasteiger partial charge in [0.15, 0.2) is 5.92 Å². The molecule has 0 radical (unpaired) electrons. The molecule has 0 saturated heterocycles. The van der Waals surface area contributed by atoms with Crippen molar-refractivity contribution in [3.63, 3.8) is 0 Å². The third-order valence-electron chi connectivity index (χ3n) is 5.19. The first-order valence-electron chi connectivity index (χ1n) is 8.75. The van der Waals surface area contributed by atoms with E-state index in [-0.39, 0.29) is 13.2 Å². The van der Waals surface area contributed by atoms with Crippen molar-refractivity contribution in [1.82, 2.24) is 0 Å². The van der Waals surface area contributed by atoms with Crippen LogP contribution < -0.4 is 4.74 Å². The Balaban J connectivity index is 1.66. The number of rotatable bonds is 6. The van der Waals surface area contributed by atoms with E-state index in [9.17, 15) is 9.59 Å². The molecule has 2 aliphatic carbocycles. The van der Waals surface area contributed by atoms with Gasteiger partial charge in [-0.05, 0) is 61.3 Å². The summed E-state index contributed by atoms with van der Waals surface area (Å²) in [5.41, 5.74) is 2.74. The van der Waals surface area contributed by atoms with Gasteiger partial charge in [0, 0.05) is 0 Å². The highest BCUT2D eigenvalue weighted by Crippen LogP contribution is 2.47. The van der Waals surface area contributed by atoms with Crippen LogP contribution in [0.15, 0.2) is 18.2 Å². The Morgan fingerprint density at radius 2 is 2.08 bits per heavy atom. The summed E-state index contributed by atoms with van der Waals surface area (Å²) >= 11 is 0. The standard InChI is InChI=1S/C19H24O5/c1-2-23-19(22)17(18(20)21)11-24-14-7-8-16-13(10-14)9-12-5-3-4-6-15(12)16/h7-8,10,12,15,17H,2-6,9,11H2,1H3,(H,20,21). The minimum absolute atomic E-state index is 0.157. The van der Waals surface area contributed by atoms with Gasteiger partial charge in [0.1, 0.15) is 12.4 Å². The minimum atomic E-state index is -1.29. The molecule has 0 aliphatic heterocycles. The van der Waals surface area contributed by atoms with Crippen LogP contribution in [0.5, 0.6) is 5.75 Å². The Kier molecular flexibility index (Phi) is 5.07. The van der Waals surface area contributed by atoms with Crippen molar-refractivity contribution in [1.29, 1.82) is 0 Å². The summed E-state index contributed by atoms with van der Waals surface area (Å²) in [7, 11) is 0. The van der Waals surface area contributed by atoms with Crippen molar-refractivity contribution in [2.24, 2.45) is 11.8 Å². The van der Waals surface area contributed by atoms with E-state index >= 15 is 0 Å². The maximum Gasteiger partial charge on any atom is 0.323 e. The van der Waals surface area contributed by atoms with Crippen LogP contribution in [0.25, 0.3) is 0 Å². The molecule has 1 aromatic rings. The predicted molar refractivity (Wildman–Crippen MR) is 88.1 cm³/mol. The highest BCUT2D eigenvalue weighted by Gasteiger charge is 2.34. The Bertz CT molecular complexity index is 624. The average molecular weight is 332 g/mol. The van der Waals surface area contributed by atoms with Crippen LogP contribution in [-0.2, 0) is 20.7 Å². The number of aliphatic carboxylic acids is 1. The van der Waals surface area contributed by atoms with Crippen molar-refractivity contribution < 1.29 is 24.2 Å². The molecule has 130 valence electrons. The van der Waals surface area contributed by atoms with Crippen LogP contribution in [0, 0.1) is 11.8 Å². The molecule has 0 amide bonds. The quantitative estimate of drug-likeness (QED) is 0.640. The SMILES string of the molecule is CCOC(=O)C(COc1ccc2c(c1)CC1CCCCC21)C(=O)O. The van der Waals surface area contributed by atoms with Crippen molar-refractivity contribution in [2.75, 3.05) is 13.2 Å². The van der Waals surface area contributed by atoms with E-state index in [0.29, 0.717) is 11.7 Å². The normalized spacial score (nSPS) is 23.0. The third kappa shape index (κ3) is 3.40. The van der Waals surface area contributed by atoms with Gasteiger partial charge in [-0.3, -0.25) is 9.59 Å². The first-order valence-corrected chi connectivity index (χ1v) is 8.75. The number of carbonyl (C=O) groups is 2. The monoisotopic (exact) mass is 332 g/mol. The zero-order valence-electron chi connectivity index (χ0n) is 14.0. The molecule has 1 N–H and O–H groups in total.